The van der Waals surface area contributed by atoms with E-state index in [1.807, 2.05) is 67.6 Å². The van der Waals surface area contributed by atoms with E-state index in [9.17, 15) is 4.79 Å². The van der Waals surface area contributed by atoms with E-state index in [0.717, 1.165) is 27.6 Å². The summed E-state index contributed by atoms with van der Waals surface area (Å²) >= 11 is 0. The lowest BCUT2D eigenvalue weighted by Crippen LogP contribution is -2.27. The van der Waals surface area contributed by atoms with E-state index in [1.54, 1.807) is 30.9 Å². The fourth-order valence-electron chi connectivity index (χ4n) is 4.44. The minimum absolute atomic E-state index is 0.110. The lowest BCUT2D eigenvalue weighted by molar-refractivity contribution is 0.0938. The van der Waals surface area contributed by atoms with Crippen molar-refractivity contribution in [3.8, 4) is 23.0 Å². The molecule has 0 aliphatic rings. The molecule has 6 rings (SSSR count). The molecule has 1 amide bonds. The van der Waals surface area contributed by atoms with Crippen molar-refractivity contribution in [2.75, 3.05) is 5.73 Å². The molecule has 8 nitrogen and oxygen atoms in total. The number of nitrogens with one attached hydrogen (secondary N) is 1. The molecule has 1 atom stereocenters. The number of carbonyl (C=O) groups is 1. The average Bonchev–Trinajstić information content (AvgIpc) is 3.50. The number of hydrogen-bond acceptors (Lipinski definition) is 6. The molecule has 0 spiro atoms. The molecule has 0 radical (unpaired) electrons. The van der Waals surface area contributed by atoms with Gasteiger partial charge in [-0.3, -0.25) is 9.78 Å². The number of nitrogens with zero attached hydrogens (tertiary/aromatic N) is 4. The highest BCUT2D eigenvalue weighted by molar-refractivity contribution is 6.04. The highest BCUT2D eigenvalue weighted by Crippen LogP contribution is 2.38. The van der Waals surface area contributed by atoms with Crippen LogP contribution in [0.1, 0.15) is 40.2 Å². The fraction of sp³-hybridized carbons (Fsp3) is 0.0667. The first-order valence-electron chi connectivity index (χ1n) is 12.0. The van der Waals surface area contributed by atoms with Gasteiger partial charge < -0.3 is 15.5 Å². The molecule has 184 valence electrons. The molecule has 0 fully saturated rings. The lowest BCUT2D eigenvalue weighted by atomic mass is 9.98. The lowest BCUT2D eigenvalue weighted by Gasteiger charge is -2.14. The summed E-state index contributed by atoms with van der Waals surface area (Å²) in [5.41, 5.74) is 11.0. The first-order chi connectivity index (χ1) is 18.6. The summed E-state index contributed by atoms with van der Waals surface area (Å²) in [5, 5.41) is 8.13. The molecule has 6 aromatic rings. The van der Waals surface area contributed by atoms with E-state index in [2.05, 4.69) is 32.2 Å². The molecule has 38 heavy (non-hydrogen) atoms. The quantitative estimate of drug-likeness (QED) is 0.331. The Morgan fingerprint density at radius 1 is 1.00 bits per heavy atom. The zero-order valence-electron chi connectivity index (χ0n) is 20.4. The number of carbonyl (C=O) groups excluding carboxylic acids is 1. The second-order valence-electron chi connectivity index (χ2n) is 8.75. The van der Waals surface area contributed by atoms with E-state index >= 15 is 0 Å². The molecule has 3 N–H and O–H groups in total. The van der Waals surface area contributed by atoms with Gasteiger partial charge in [0, 0.05) is 46.9 Å². The predicted molar refractivity (Wildman–Crippen MR) is 145 cm³/mol. The minimum atomic E-state index is -0.477. The summed E-state index contributed by atoms with van der Waals surface area (Å²) in [4.78, 5) is 21.6. The molecule has 8 heteroatoms. The molecule has 0 bridgehead atoms. The van der Waals surface area contributed by atoms with Gasteiger partial charge in [-0.25, -0.2) is 9.50 Å². The molecule has 2 aromatic carbocycles. The number of nitrogen functional groups attached to an aromatic ring is 1. The van der Waals surface area contributed by atoms with Gasteiger partial charge in [-0.1, -0.05) is 42.2 Å². The smallest absolute Gasteiger partial charge is 0.259 e. The first-order valence-corrected chi connectivity index (χ1v) is 12.0. The van der Waals surface area contributed by atoms with Crippen LogP contribution >= 0.6 is 0 Å². The Morgan fingerprint density at radius 2 is 1.79 bits per heavy atom. The summed E-state index contributed by atoms with van der Waals surface area (Å²) in [7, 11) is 0. The van der Waals surface area contributed by atoms with Crippen molar-refractivity contribution in [1.29, 1.82) is 0 Å². The van der Waals surface area contributed by atoms with Crippen molar-refractivity contribution in [3.05, 3.63) is 114 Å². The van der Waals surface area contributed by atoms with Crippen LogP contribution in [0.2, 0.25) is 0 Å². The number of pyridine rings is 1. The van der Waals surface area contributed by atoms with Crippen molar-refractivity contribution >= 4 is 28.3 Å². The highest BCUT2D eigenvalue weighted by atomic mass is 16.3. The first kappa shape index (κ1) is 23.0. The molecular weight excluding hydrogens is 476 g/mol. The summed E-state index contributed by atoms with van der Waals surface area (Å²) in [6.45, 7) is 1.88. The van der Waals surface area contributed by atoms with Crippen LogP contribution in [-0.4, -0.2) is 25.5 Å². The topological polar surface area (TPSA) is 111 Å². The zero-order valence-corrected chi connectivity index (χ0v) is 20.4. The monoisotopic (exact) mass is 498 g/mol. The number of fused-ring (bicyclic) bond motifs is 2. The number of aromatic nitrogens is 4. The van der Waals surface area contributed by atoms with Gasteiger partial charge in [0.15, 0.2) is 11.5 Å². The van der Waals surface area contributed by atoms with Crippen molar-refractivity contribution < 1.29 is 9.21 Å². The summed E-state index contributed by atoms with van der Waals surface area (Å²) in [6.07, 6.45) is 6.73. The largest absolute Gasteiger partial charge is 0.458 e. The predicted octanol–water partition coefficient (Wildman–Crippen LogP) is 5.01. The molecule has 0 unspecified atom stereocenters. The van der Waals surface area contributed by atoms with Crippen LogP contribution in [0.5, 0.6) is 0 Å². The molecular formula is C30H22N6O2. The maximum Gasteiger partial charge on any atom is 0.259 e. The normalized spacial score (nSPS) is 11.7. The van der Waals surface area contributed by atoms with E-state index in [0.29, 0.717) is 17.0 Å². The molecule has 0 saturated heterocycles. The molecule has 4 aromatic heterocycles. The minimum Gasteiger partial charge on any atom is -0.458 e. The second kappa shape index (κ2) is 9.56. The van der Waals surface area contributed by atoms with Gasteiger partial charge in [0.25, 0.3) is 5.91 Å². The number of nitrogens with two attached hydrogens (primary N) is 1. The van der Waals surface area contributed by atoms with Crippen molar-refractivity contribution in [2.45, 2.75) is 13.0 Å². The Kier molecular flexibility index (Phi) is 5.79. The second-order valence-corrected chi connectivity index (χ2v) is 8.75. The van der Waals surface area contributed by atoms with Crippen LogP contribution in [0.15, 0.2) is 95.9 Å². The zero-order chi connectivity index (χ0) is 26.1. The number of anilines is 1. The van der Waals surface area contributed by atoms with Crippen molar-refractivity contribution in [1.82, 2.24) is 24.9 Å². The Bertz CT molecular complexity index is 1850. The maximum atomic E-state index is 13.3. The number of benzene rings is 2. The van der Waals surface area contributed by atoms with Gasteiger partial charge in [0.1, 0.15) is 16.9 Å². The van der Waals surface area contributed by atoms with E-state index < -0.39 is 6.04 Å². The Morgan fingerprint density at radius 3 is 2.61 bits per heavy atom. The van der Waals surface area contributed by atoms with Gasteiger partial charge in [-0.15, -0.1) is 5.10 Å². The summed E-state index contributed by atoms with van der Waals surface area (Å²) in [5.74, 6) is 6.75. The maximum absolute atomic E-state index is 13.3. The van der Waals surface area contributed by atoms with Gasteiger partial charge >= 0.3 is 0 Å². The standard InChI is InChI=1S/C30H22N6O2/c1-19(34-30(37)26-28(31)35-36-17-5-14-33-29(26)36)27-25(22-6-3-2-4-7-22)23-18-21(10-11-24(23)38-27)9-8-20-12-15-32-16-13-20/h2-7,10-19H,1H3,(H2,31,35)(H,34,37)/t19-/m0/s1. The van der Waals surface area contributed by atoms with Crippen LogP contribution in [-0.2, 0) is 0 Å². The van der Waals surface area contributed by atoms with Crippen LogP contribution < -0.4 is 11.1 Å². The van der Waals surface area contributed by atoms with Crippen LogP contribution in [0.4, 0.5) is 5.82 Å². The average molecular weight is 499 g/mol. The SMILES string of the molecule is C[C@H](NC(=O)c1c(N)nn2cccnc12)c1oc2ccc(C#Cc3ccncc3)cc2c1-c1ccccc1. The Hall–Kier alpha value is -5.42. The Labute approximate surface area is 218 Å². The van der Waals surface area contributed by atoms with Crippen molar-refractivity contribution in [2.24, 2.45) is 0 Å². The third-order valence-electron chi connectivity index (χ3n) is 6.20. The van der Waals surface area contributed by atoms with E-state index in [4.69, 9.17) is 10.2 Å². The number of furan rings is 1. The number of rotatable bonds is 4. The molecule has 4 heterocycles. The highest BCUT2D eigenvalue weighted by Gasteiger charge is 2.25. The molecule has 0 aliphatic heterocycles. The van der Waals surface area contributed by atoms with Gasteiger partial charge in [-0.2, -0.15) is 0 Å². The van der Waals surface area contributed by atoms with Crippen LogP contribution in [0.25, 0.3) is 27.7 Å². The Balaban J connectivity index is 1.41. The third kappa shape index (κ3) is 4.22. The van der Waals surface area contributed by atoms with Gasteiger partial charge in [-0.05, 0) is 48.9 Å². The number of amides is 1. The molecule has 0 saturated carbocycles. The van der Waals surface area contributed by atoms with Crippen molar-refractivity contribution in [3.63, 3.8) is 0 Å². The third-order valence-corrected chi connectivity index (χ3v) is 6.20. The molecule has 0 aliphatic carbocycles. The van der Waals surface area contributed by atoms with Gasteiger partial charge in [0.05, 0.1) is 6.04 Å². The van der Waals surface area contributed by atoms with Gasteiger partial charge in [0.2, 0.25) is 0 Å². The van der Waals surface area contributed by atoms with E-state index in [1.165, 1.54) is 4.52 Å². The summed E-state index contributed by atoms with van der Waals surface area (Å²) < 4.78 is 7.82. The van der Waals surface area contributed by atoms with E-state index in [-0.39, 0.29) is 17.3 Å². The number of hydrogen-bond donors (Lipinski definition) is 2. The van der Waals surface area contributed by atoms with Crippen LogP contribution in [0.3, 0.4) is 0 Å². The summed E-state index contributed by atoms with van der Waals surface area (Å²) in [6, 6.07) is 20.8. The van der Waals surface area contributed by atoms with Crippen LogP contribution in [0, 0.1) is 11.8 Å². The fourth-order valence-corrected chi connectivity index (χ4v) is 4.44.